The van der Waals surface area contributed by atoms with Crippen molar-refractivity contribution < 1.29 is 4.79 Å². The molecule has 0 aromatic carbocycles. The Bertz CT molecular complexity index is 218. The molecule has 0 aliphatic carbocycles. The molecule has 3 heteroatoms. The van der Waals surface area contributed by atoms with E-state index in [4.69, 9.17) is 0 Å². The van der Waals surface area contributed by atoms with Gasteiger partial charge in [0, 0.05) is 13.6 Å². The maximum Gasteiger partial charge on any atom is 0.239 e. The lowest BCUT2D eigenvalue weighted by molar-refractivity contribution is -0.134. The summed E-state index contributed by atoms with van der Waals surface area (Å²) >= 11 is 0. The maximum absolute atomic E-state index is 12.1. The van der Waals surface area contributed by atoms with Gasteiger partial charge in [0.2, 0.25) is 5.91 Å². The first kappa shape index (κ1) is 13.5. The molecule has 3 nitrogen and oxygen atoms in total. The van der Waals surface area contributed by atoms with Crippen molar-refractivity contribution in [2.45, 2.75) is 51.5 Å². The molecule has 1 atom stereocenters. The summed E-state index contributed by atoms with van der Waals surface area (Å²) < 4.78 is 0. The van der Waals surface area contributed by atoms with E-state index in [2.05, 4.69) is 18.9 Å². The zero-order valence-electron chi connectivity index (χ0n) is 11.0. The van der Waals surface area contributed by atoms with Crippen LogP contribution in [-0.4, -0.2) is 48.9 Å². The zero-order chi connectivity index (χ0) is 12.0. The SMILES string of the molecule is CCCCCCN(C)C(=O)C1CCCN1C. The van der Waals surface area contributed by atoms with Gasteiger partial charge in [-0.25, -0.2) is 0 Å². The number of amides is 1. The third-order valence-corrected chi connectivity index (χ3v) is 3.53. The first-order chi connectivity index (χ1) is 7.66. The van der Waals surface area contributed by atoms with Crippen LogP contribution in [0, 0.1) is 0 Å². The summed E-state index contributed by atoms with van der Waals surface area (Å²) in [6, 6.07) is 0.149. The Kier molecular flexibility index (Phi) is 5.81. The van der Waals surface area contributed by atoms with Gasteiger partial charge in [-0.05, 0) is 32.9 Å². The van der Waals surface area contributed by atoms with Crippen LogP contribution in [-0.2, 0) is 4.79 Å². The van der Waals surface area contributed by atoms with Gasteiger partial charge in [0.25, 0.3) is 0 Å². The Morgan fingerprint density at radius 3 is 2.69 bits per heavy atom. The predicted octanol–water partition coefficient (Wildman–Crippen LogP) is 2.12. The third kappa shape index (κ3) is 3.78. The van der Waals surface area contributed by atoms with Crippen molar-refractivity contribution in [2.75, 3.05) is 27.2 Å². The minimum Gasteiger partial charge on any atom is -0.344 e. The summed E-state index contributed by atoms with van der Waals surface area (Å²) in [7, 11) is 4.00. The highest BCUT2D eigenvalue weighted by Crippen LogP contribution is 2.16. The summed E-state index contributed by atoms with van der Waals surface area (Å²) in [6.45, 7) is 4.20. The topological polar surface area (TPSA) is 23.6 Å². The van der Waals surface area contributed by atoms with Gasteiger partial charge >= 0.3 is 0 Å². The van der Waals surface area contributed by atoms with Crippen LogP contribution in [0.4, 0.5) is 0 Å². The van der Waals surface area contributed by atoms with E-state index >= 15 is 0 Å². The molecule has 94 valence electrons. The molecule has 0 spiro atoms. The quantitative estimate of drug-likeness (QED) is 0.648. The second kappa shape index (κ2) is 6.89. The monoisotopic (exact) mass is 226 g/mol. The molecular formula is C13H26N2O. The van der Waals surface area contributed by atoms with Crippen LogP contribution < -0.4 is 0 Å². The number of hydrogen-bond donors (Lipinski definition) is 0. The van der Waals surface area contributed by atoms with Gasteiger partial charge in [-0.15, -0.1) is 0 Å². The maximum atomic E-state index is 12.1. The average Bonchev–Trinajstić information content (AvgIpc) is 2.69. The Labute approximate surface area is 99.8 Å². The van der Waals surface area contributed by atoms with E-state index in [0.717, 1.165) is 32.4 Å². The molecule has 16 heavy (non-hydrogen) atoms. The van der Waals surface area contributed by atoms with Crippen LogP contribution in [0.25, 0.3) is 0 Å². The molecule has 0 saturated carbocycles. The van der Waals surface area contributed by atoms with E-state index in [1.165, 1.54) is 19.3 Å². The van der Waals surface area contributed by atoms with Crippen molar-refractivity contribution in [1.29, 1.82) is 0 Å². The minimum absolute atomic E-state index is 0.149. The van der Waals surface area contributed by atoms with Crippen LogP contribution in [0.3, 0.4) is 0 Å². The second-order valence-electron chi connectivity index (χ2n) is 4.96. The fourth-order valence-electron chi connectivity index (χ4n) is 2.36. The number of carbonyl (C=O) groups is 1. The largest absolute Gasteiger partial charge is 0.344 e. The fourth-order valence-corrected chi connectivity index (χ4v) is 2.36. The predicted molar refractivity (Wildman–Crippen MR) is 67.4 cm³/mol. The van der Waals surface area contributed by atoms with Crippen LogP contribution in [0.15, 0.2) is 0 Å². The lowest BCUT2D eigenvalue weighted by Gasteiger charge is -2.25. The van der Waals surface area contributed by atoms with Gasteiger partial charge in [0.15, 0.2) is 0 Å². The molecule has 1 saturated heterocycles. The summed E-state index contributed by atoms with van der Waals surface area (Å²) in [6.07, 6.45) is 7.13. The Hall–Kier alpha value is -0.570. The van der Waals surface area contributed by atoms with Gasteiger partial charge in [-0.3, -0.25) is 9.69 Å². The van der Waals surface area contributed by atoms with Crippen molar-refractivity contribution in [3.05, 3.63) is 0 Å². The Balaban J connectivity index is 2.24. The van der Waals surface area contributed by atoms with E-state index in [1.807, 2.05) is 11.9 Å². The molecule has 1 fully saturated rings. The van der Waals surface area contributed by atoms with Gasteiger partial charge < -0.3 is 4.90 Å². The summed E-state index contributed by atoms with van der Waals surface area (Å²) in [5, 5.41) is 0. The van der Waals surface area contributed by atoms with Crippen LogP contribution in [0.1, 0.15) is 45.4 Å². The molecule has 0 N–H and O–H groups in total. The molecule has 1 aliphatic heterocycles. The Morgan fingerprint density at radius 1 is 1.38 bits per heavy atom. The van der Waals surface area contributed by atoms with Gasteiger partial charge in [-0.1, -0.05) is 26.2 Å². The van der Waals surface area contributed by atoms with Crippen molar-refractivity contribution in [2.24, 2.45) is 0 Å². The van der Waals surface area contributed by atoms with E-state index in [9.17, 15) is 4.79 Å². The number of nitrogens with zero attached hydrogens (tertiary/aromatic N) is 2. The number of unbranched alkanes of at least 4 members (excludes halogenated alkanes) is 3. The van der Waals surface area contributed by atoms with Crippen molar-refractivity contribution in [3.63, 3.8) is 0 Å². The molecule has 0 aromatic heterocycles. The number of likely N-dealkylation sites (tertiary alicyclic amines) is 1. The highest BCUT2D eigenvalue weighted by Gasteiger charge is 2.29. The number of carbonyl (C=O) groups excluding carboxylic acids is 1. The standard InChI is InChI=1S/C13H26N2O/c1-4-5-6-7-10-15(3)13(16)12-9-8-11-14(12)2/h12H,4-11H2,1-3H3. The number of likely N-dealkylation sites (N-methyl/N-ethyl adjacent to an activating group) is 2. The fraction of sp³-hybridized carbons (Fsp3) is 0.923. The minimum atomic E-state index is 0.149. The molecule has 1 aliphatic rings. The molecular weight excluding hydrogens is 200 g/mol. The van der Waals surface area contributed by atoms with Gasteiger partial charge in [0.1, 0.15) is 0 Å². The molecule has 1 heterocycles. The third-order valence-electron chi connectivity index (χ3n) is 3.53. The van der Waals surface area contributed by atoms with Gasteiger partial charge in [0.05, 0.1) is 6.04 Å². The van der Waals surface area contributed by atoms with E-state index in [1.54, 1.807) is 0 Å². The second-order valence-corrected chi connectivity index (χ2v) is 4.96. The molecule has 1 unspecified atom stereocenters. The number of hydrogen-bond acceptors (Lipinski definition) is 2. The molecule has 0 radical (unpaired) electrons. The average molecular weight is 226 g/mol. The van der Waals surface area contributed by atoms with Crippen LogP contribution in [0.5, 0.6) is 0 Å². The van der Waals surface area contributed by atoms with Crippen LogP contribution in [0.2, 0.25) is 0 Å². The summed E-state index contributed by atoms with van der Waals surface area (Å²) in [5.41, 5.74) is 0. The normalized spacial score (nSPS) is 21.3. The van der Waals surface area contributed by atoms with Gasteiger partial charge in [-0.2, -0.15) is 0 Å². The summed E-state index contributed by atoms with van der Waals surface area (Å²) in [4.78, 5) is 16.2. The van der Waals surface area contributed by atoms with Crippen molar-refractivity contribution in [1.82, 2.24) is 9.80 Å². The molecule has 0 bridgehead atoms. The molecule has 0 aromatic rings. The lowest BCUT2D eigenvalue weighted by atomic mass is 10.1. The Morgan fingerprint density at radius 2 is 2.12 bits per heavy atom. The zero-order valence-corrected chi connectivity index (χ0v) is 11.0. The summed E-state index contributed by atoms with van der Waals surface area (Å²) in [5.74, 6) is 0.316. The number of rotatable bonds is 6. The van der Waals surface area contributed by atoms with Crippen LogP contribution >= 0.6 is 0 Å². The van der Waals surface area contributed by atoms with Crippen molar-refractivity contribution >= 4 is 5.91 Å². The van der Waals surface area contributed by atoms with E-state index in [-0.39, 0.29) is 6.04 Å². The van der Waals surface area contributed by atoms with Crippen molar-refractivity contribution in [3.8, 4) is 0 Å². The van der Waals surface area contributed by atoms with E-state index in [0.29, 0.717) is 5.91 Å². The highest BCUT2D eigenvalue weighted by atomic mass is 16.2. The van der Waals surface area contributed by atoms with E-state index < -0.39 is 0 Å². The first-order valence-corrected chi connectivity index (χ1v) is 6.62. The lowest BCUT2D eigenvalue weighted by Crippen LogP contribution is -2.42. The smallest absolute Gasteiger partial charge is 0.239 e. The highest BCUT2D eigenvalue weighted by molar-refractivity contribution is 5.81. The molecule has 1 amide bonds. The first-order valence-electron chi connectivity index (χ1n) is 6.62. The molecule has 1 rings (SSSR count).